The summed E-state index contributed by atoms with van der Waals surface area (Å²) in [6, 6.07) is 9.87. The molecule has 2 amide bonds. The third-order valence-electron chi connectivity index (χ3n) is 4.89. The smallest absolute Gasteiger partial charge is 0.251 e. The lowest BCUT2D eigenvalue weighted by Crippen LogP contribution is -2.44. The number of carbonyl (C=O) groups is 2. The van der Waals surface area contributed by atoms with Crippen molar-refractivity contribution < 1.29 is 9.59 Å². The van der Waals surface area contributed by atoms with Crippen molar-refractivity contribution in [2.45, 2.75) is 58.9 Å². The topological polar surface area (TPSA) is 61.4 Å². The molecule has 0 atom stereocenters. The van der Waals surface area contributed by atoms with Gasteiger partial charge in [0.2, 0.25) is 5.91 Å². The van der Waals surface area contributed by atoms with Crippen molar-refractivity contribution in [1.29, 1.82) is 0 Å². The van der Waals surface area contributed by atoms with Gasteiger partial charge in [0.05, 0.1) is 0 Å². The van der Waals surface area contributed by atoms with Crippen molar-refractivity contribution >= 4 is 17.5 Å². The van der Waals surface area contributed by atoms with Crippen LogP contribution in [0.25, 0.3) is 0 Å². The minimum Gasteiger partial charge on any atom is -0.385 e. The van der Waals surface area contributed by atoms with Gasteiger partial charge in [-0.05, 0) is 37.5 Å². The standard InChI is InChI=1S/C21H27N3O2.C2H6/c1-2-6-20(25)24-13-11-18(12-14-24)22-19-10-9-16(15-19)21(26)23-17-7-4-3-5-8-17;1-2/h3-5,7-10,18,22H,2,6,11-15H2,1H3,(H,23,26);1-2H3. The molecule has 0 saturated carbocycles. The van der Waals surface area contributed by atoms with Gasteiger partial charge in [-0.3, -0.25) is 9.59 Å². The first kappa shape index (κ1) is 21.7. The summed E-state index contributed by atoms with van der Waals surface area (Å²) in [5, 5.41) is 6.47. The summed E-state index contributed by atoms with van der Waals surface area (Å²) in [6.07, 6.45) is 7.98. The molecule has 5 nitrogen and oxygen atoms in total. The minimum atomic E-state index is -0.0516. The van der Waals surface area contributed by atoms with E-state index < -0.39 is 0 Å². The van der Waals surface area contributed by atoms with Crippen LogP contribution in [0.2, 0.25) is 0 Å². The Labute approximate surface area is 168 Å². The molecule has 152 valence electrons. The molecule has 3 rings (SSSR count). The van der Waals surface area contributed by atoms with E-state index in [1.165, 1.54) is 0 Å². The number of para-hydroxylation sites is 1. The van der Waals surface area contributed by atoms with Crippen molar-refractivity contribution in [2.75, 3.05) is 18.4 Å². The molecule has 0 aromatic heterocycles. The Balaban J connectivity index is 0.00000136. The van der Waals surface area contributed by atoms with E-state index in [4.69, 9.17) is 0 Å². The molecule has 2 N–H and O–H groups in total. The number of anilines is 1. The molecule has 1 fully saturated rings. The highest BCUT2D eigenvalue weighted by Gasteiger charge is 2.24. The third-order valence-corrected chi connectivity index (χ3v) is 4.89. The number of carbonyl (C=O) groups excluding carboxylic acids is 2. The van der Waals surface area contributed by atoms with Gasteiger partial charge in [0, 0.05) is 48.9 Å². The van der Waals surface area contributed by atoms with Gasteiger partial charge in [0.25, 0.3) is 5.91 Å². The lowest BCUT2D eigenvalue weighted by Gasteiger charge is -2.33. The van der Waals surface area contributed by atoms with Gasteiger partial charge in [0.15, 0.2) is 0 Å². The molecule has 1 aromatic rings. The number of piperidine rings is 1. The number of hydrogen-bond acceptors (Lipinski definition) is 3. The monoisotopic (exact) mass is 383 g/mol. The second-order valence-corrected chi connectivity index (χ2v) is 6.93. The van der Waals surface area contributed by atoms with E-state index in [-0.39, 0.29) is 11.8 Å². The summed E-state index contributed by atoms with van der Waals surface area (Å²) in [6.45, 7) is 7.68. The van der Waals surface area contributed by atoms with E-state index in [2.05, 4.69) is 10.6 Å². The van der Waals surface area contributed by atoms with Crippen molar-refractivity contribution in [3.8, 4) is 0 Å². The number of rotatable bonds is 6. The minimum absolute atomic E-state index is 0.0516. The first-order chi connectivity index (χ1) is 13.7. The van der Waals surface area contributed by atoms with Crippen LogP contribution in [0.5, 0.6) is 0 Å². The summed E-state index contributed by atoms with van der Waals surface area (Å²) >= 11 is 0. The zero-order valence-electron chi connectivity index (χ0n) is 17.3. The van der Waals surface area contributed by atoms with Gasteiger partial charge in [-0.1, -0.05) is 45.0 Å². The molecule has 0 unspecified atom stereocenters. The zero-order chi connectivity index (χ0) is 20.4. The number of nitrogens with zero attached hydrogens (tertiary/aromatic N) is 1. The molecule has 1 aliphatic heterocycles. The number of amides is 2. The van der Waals surface area contributed by atoms with Crippen LogP contribution in [0.3, 0.4) is 0 Å². The molecular weight excluding hydrogens is 350 g/mol. The summed E-state index contributed by atoms with van der Waals surface area (Å²) in [5.41, 5.74) is 2.66. The Morgan fingerprint density at radius 1 is 1.07 bits per heavy atom. The van der Waals surface area contributed by atoms with Crippen molar-refractivity contribution in [3.63, 3.8) is 0 Å². The van der Waals surface area contributed by atoms with E-state index in [0.29, 0.717) is 18.9 Å². The zero-order valence-corrected chi connectivity index (χ0v) is 17.3. The Morgan fingerprint density at radius 2 is 1.75 bits per heavy atom. The van der Waals surface area contributed by atoms with Crippen LogP contribution in [0, 0.1) is 0 Å². The number of benzene rings is 1. The summed E-state index contributed by atoms with van der Waals surface area (Å²) in [4.78, 5) is 26.3. The number of allylic oxidation sites excluding steroid dienone is 3. The molecule has 0 bridgehead atoms. The van der Waals surface area contributed by atoms with Gasteiger partial charge in [-0.2, -0.15) is 0 Å². The fourth-order valence-electron chi connectivity index (χ4n) is 3.42. The molecule has 1 saturated heterocycles. The van der Waals surface area contributed by atoms with Crippen LogP contribution < -0.4 is 10.6 Å². The van der Waals surface area contributed by atoms with E-state index in [1.807, 2.05) is 68.2 Å². The second kappa shape index (κ2) is 11.3. The predicted octanol–water partition coefficient (Wildman–Crippen LogP) is 4.25. The van der Waals surface area contributed by atoms with E-state index in [1.54, 1.807) is 0 Å². The average molecular weight is 384 g/mol. The number of nitrogens with one attached hydrogen (secondary N) is 2. The number of likely N-dealkylation sites (tertiary alicyclic amines) is 1. The lowest BCUT2D eigenvalue weighted by molar-refractivity contribution is -0.132. The Morgan fingerprint density at radius 3 is 2.39 bits per heavy atom. The highest BCUT2D eigenvalue weighted by atomic mass is 16.2. The normalized spacial score (nSPS) is 16.5. The SMILES string of the molecule is CC.CCCC(=O)N1CCC(NC2=CC=C(C(=O)Nc3ccccc3)C2)CC1. The van der Waals surface area contributed by atoms with Crippen LogP contribution in [-0.4, -0.2) is 35.8 Å². The lowest BCUT2D eigenvalue weighted by atomic mass is 10.0. The van der Waals surface area contributed by atoms with Crippen LogP contribution >= 0.6 is 0 Å². The maximum atomic E-state index is 12.3. The maximum absolute atomic E-state index is 12.3. The largest absolute Gasteiger partial charge is 0.385 e. The van der Waals surface area contributed by atoms with E-state index in [9.17, 15) is 9.59 Å². The molecule has 2 aliphatic rings. The van der Waals surface area contributed by atoms with Crippen LogP contribution in [0.15, 0.2) is 53.8 Å². The summed E-state index contributed by atoms with van der Waals surface area (Å²) in [7, 11) is 0. The fraction of sp³-hybridized carbons (Fsp3) is 0.478. The Bertz CT molecular complexity index is 702. The van der Waals surface area contributed by atoms with Crippen molar-refractivity contribution in [1.82, 2.24) is 10.2 Å². The summed E-state index contributed by atoms with van der Waals surface area (Å²) < 4.78 is 0. The van der Waals surface area contributed by atoms with Gasteiger partial charge >= 0.3 is 0 Å². The van der Waals surface area contributed by atoms with Crippen LogP contribution in [0.4, 0.5) is 5.69 Å². The van der Waals surface area contributed by atoms with Gasteiger partial charge < -0.3 is 15.5 Å². The molecule has 1 aliphatic carbocycles. The first-order valence-corrected chi connectivity index (χ1v) is 10.5. The molecule has 0 spiro atoms. The Kier molecular flexibility index (Phi) is 8.79. The van der Waals surface area contributed by atoms with E-state index >= 15 is 0 Å². The van der Waals surface area contributed by atoms with Gasteiger partial charge in [0.1, 0.15) is 0 Å². The molecule has 1 heterocycles. The molecular formula is C23H33N3O2. The third kappa shape index (κ3) is 6.25. The van der Waals surface area contributed by atoms with Crippen LogP contribution in [-0.2, 0) is 9.59 Å². The fourth-order valence-corrected chi connectivity index (χ4v) is 3.42. The quantitative estimate of drug-likeness (QED) is 0.772. The first-order valence-electron chi connectivity index (χ1n) is 10.5. The van der Waals surface area contributed by atoms with Gasteiger partial charge in [-0.25, -0.2) is 0 Å². The maximum Gasteiger partial charge on any atom is 0.251 e. The molecule has 1 aromatic carbocycles. The predicted molar refractivity (Wildman–Crippen MR) is 115 cm³/mol. The second-order valence-electron chi connectivity index (χ2n) is 6.93. The highest BCUT2D eigenvalue weighted by molar-refractivity contribution is 6.04. The van der Waals surface area contributed by atoms with Gasteiger partial charge in [-0.15, -0.1) is 0 Å². The molecule has 28 heavy (non-hydrogen) atoms. The number of hydrogen-bond donors (Lipinski definition) is 2. The molecule has 5 heteroatoms. The van der Waals surface area contributed by atoms with Crippen molar-refractivity contribution in [2.24, 2.45) is 0 Å². The molecule has 0 radical (unpaired) electrons. The van der Waals surface area contributed by atoms with E-state index in [0.717, 1.165) is 49.3 Å². The van der Waals surface area contributed by atoms with Crippen LogP contribution in [0.1, 0.15) is 52.9 Å². The Hall–Kier alpha value is -2.56. The highest BCUT2D eigenvalue weighted by Crippen LogP contribution is 2.21. The average Bonchev–Trinajstić information content (AvgIpc) is 3.20. The summed E-state index contributed by atoms with van der Waals surface area (Å²) in [5.74, 6) is 0.219. The van der Waals surface area contributed by atoms with Crippen molar-refractivity contribution in [3.05, 3.63) is 53.8 Å².